The molecule has 112 valence electrons. The van der Waals surface area contributed by atoms with Gasteiger partial charge in [0.25, 0.3) is 0 Å². The lowest BCUT2D eigenvalue weighted by Crippen LogP contribution is -2.16. The summed E-state index contributed by atoms with van der Waals surface area (Å²) in [5.41, 5.74) is 5.29. The van der Waals surface area contributed by atoms with Gasteiger partial charge in [-0.15, -0.1) is 0 Å². The Labute approximate surface area is 128 Å². The highest BCUT2D eigenvalue weighted by molar-refractivity contribution is 5.32. The second-order valence-corrected chi connectivity index (χ2v) is 5.44. The molecule has 2 heteroatoms. The Balaban J connectivity index is 1.58. The van der Waals surface area contributed by atoms with E-state index in [9.17, 15) is 0 Å². The Hall–Kier alpha value is -1.64. The maximum absolute atomic E-state index is 5.79. The second-order valence-electron chi connectivity index (χ2n) is 5.44. The highest BCUT2D eigenvalue weighted by atomic mass is 16.5. The van der Waals surface area contributed by atoms with E-state index in [0.717, 1.165) is 32.7 Å². The first kappa shape index (κ1) is 15.7. The smallest absolute Gasteiger partial charge is 0.0721 e. The molecule has 0 amide bonds. The van der Waals surface area contributed by atoms with Gasteiger partial charge in [-0.1, -0.05) is 48.5 Å². The molecule has 0 aliphatic heterocycles. The van der Waals surface area contributed by atoms with E-state index in [4.69, 9.17) is 4.74 Å². The molecule has 0 aliphatic carbocycles. The third-order valence-electron chi connectivity index (χ3n) is 3.71. The zero-order valence-corrected chi connectivity index (χ0v) is 13.1. The van der Waals surface area contributed by atoms with E-state index >= 15 is 0 Å². The van der Waals surface area contributed by atoms with Crippen molar-refractivity contribution in [1.82, 2.24) is 5.32 Å². The molecule has 2 aromatic carbocycles. The van der Waals surface area contributed by atoms with Crippen molar-refractivity contribution in [3.63, 3.8) is 0 Å². The second kappa shape index (κ2) is 8.60. The predicted octanol–water partition coefficient (Wildman–Crippen LogP) is 4.00. The highest BCUT2D eigenvalue weighted by Crippen LogP contribution is 2.14. The minimum atomic E-state index is 0.719. The summed E-state index contributed by atoms with van der Waals surface area (Å²) in [6.07, 6.45) is 1.04. The van der Waals surface area contributed by atoms with E-state index in [-0.39, 0.29) is 0 Å². The van der Waals surface area contributed by atoms with E-state index in [1.807, 2.05) is 6.07 Å². The molecule has 21 heavy (non-hydrogen) atoms. The van der Waals surface area contributed by atoms with Gasteiger partial charge in [0.1, 0.15) is 0 Å². The molecule has 0 fully saturated rings. The maximum atomic E-state index is 5.79. The summed E-state index contributed by atoms with van der Waals surface area (Å²) in [5, 5.41) is 3.44. The largest absolute Gasteiger partial charge is 0.377 e. The number of hydrogen-bond acceptors (Lipinski definition) is 2. The number of ether oxygens (including phenoxy) is 1. The van der Waals surface area contributed by atoms with Gasteiger partial charge in [-0.25, -0.2) is 0 Å². The normalized spacial score (nSPS) is 10.8. The molecule has 2 rings (SSSR count). The maximum Gasteiger partial charge on any atom is 0.0721 e. The first-order valence-corrected chi connectivity index (χ1v) is 7.65. The third kappa shape index (κ3) is 5.33. The minimum Gasteiger partial charge on any atom is -0.377 e. The fourth-order valence-corrected chi connectivity index (χ4v) is 2.38. The molecule has 0 spiro atoms. The topological polar surface area (TPSA) is 21.3 Å². The van der Waals surface area contributed by atoms with E-state index in [2.05, 4.69) is 61.6 Å². The summed E-state index contributed by atoms with van der Waals surface area (Å²) in [6, 6.07) is 16.9. The number of benzene rings is 2. The first-order valence-electron chi connectivity index (χ1n) is 7.65. The van der Waals surface area contributed by atoms with Crippen LogP contribution in [0.4, 0.5) is 0 Å². The third-order valence-corrected chi connectivity index (χ3v) is 3.71. The van der Waals surface area contributed by atoms with Crippen molar-refractivity contribution in [2.24, 2.45) is 0 Å². The van der Waals surface area contributed by atoms with Crippen molar-refractivity contribution in [2.45, 2.75) is 33.4 Å². The fourth-order valence-electron chi connectivity index (χ4n) is 2.38. The summed E-state index contributed by atoms with van der Waals surface area (Å²) in [5.74, 6) is 0. The summed E-state index contributed by atoms with van der Waals surface area (Å²) in [7, 11) is 0. The van der Waals surface area contributed by atoms with Crippen molar-refractivity contribution in [2.75, 3.05) is 13.2 Å². The van der Waals surface area contributed by atoms with Crippen LogP contribution in [0.3, 0.4) is 0 Å². The Morgan fingerprint density at radius 2 is 1.62 bits per heavy atom. The molecule has 0 saturated carbocycles. The van der Waals surface area contributed by atoms with Crippen molar-refractivity contribution >= 4 is 0 Å². The molecule has 0 heterocycles. The summed E-state index contributed by atoms with van der Waals surface area (Å²) < 4.78 is 5.79. The molecule has 0 bridgehead atoms. The summed E-state index contributed by atoms with van der Waals surface area (Å²) in [6.45, 7) is 7.73. The van der Waals surface area contributed by atoms with Gasteiger partial charge in [0, 0.05) is 13.2 Å². The quantitative estimate of drug-likeness (QED) is 0.739. The SMILES string of the molecule is Cc1cccc(C)c1COCCCNCc1ccccc1. The van der Waals surface area contributed by atoms with Crippen LogP contribution >= 0.6 is 0 Å². The van der Waals surface area contributed by atoms with Crippen LogP contribution in [0.1, 0.15) is 28.7 Å². The number of aryl methyl sites for hydroxylation is 2. The van der Waals surface area contributed by atoms with Crippen LogP contribution in [-0.2, 0) is 17.9 Å². The molecule has 0 atom stereocenters. The van der Waals surface area contributed by atoms with E-state index in [1.54, 1.807) is 0 Å². The molecule has 0 saturated heterocycles. The number of hydrogen-bond donors (Lipinski definition) is 1. The molecular weight excluding hydrogens is 258 g/mol. The number of nitrogens with one attached hydrogen (secondary N) is 1. The van der Waals surface area contributed by atoms with Gasteiger partial charge in [-0.2, -0.15) is 0 Å². The molecular formula is C19H25NO. The van der Waals surface area contributed by atoms with Crippen molar-refractivity contribution in [3.8, 4) is 0 Å². The summed E-state index contributed by atoms with van der Waals surface area (Å²) in [4.78, 5) is 0. The van der Waals surface area contributed by atoms with Crippen molar-refractivity contribution in [1.29, 1.82) is 0 Å². The molecule has 0 unspecified atom stereocenters. The van der Waals surface area contributed by atoms with Crippen LogP contribution in [0, 0.1) is 13.8 Å². The molecule has 0 aromatic heterocycles. The van der Waals surface area contributed by atoms with E-state index in [0.29, 0.717) is 0 Å². The Bertz CT molecular complexity index is 516. The van der Waals surface area contributed by atoms with Crippen LogP contribution in [-0.4, -0.2) is 13.2 Å². The zero-order valence-electron chi connectivity index (χ0n) is 13.1. The molecule has 2 nitrogen and oxygen atoms in total. The average Bonchev–Trinajstić information content (AvgIpc) is 2.50. The van der Waals surface area contributed by atoms with Gasteiger partial charge in [0.2, 0.25) is 0 Å². The van der Waals surface area contributed by atoms with Crippen LogP contribution in [0.5, 0.6) is 0 Å². The Morgan fingerprint density at radius 3 is 2.33 bits per heavy atom. The first-order chi connectivity index (χ1) is 10.3. The number of rotatable bonds is 8. The van der Waals surface area contributed by atoms with Crippen LogP contribution in [0.25, 0.3) is 0 Å². The highest BCUT2D eigenvalue weighted by Gasteiger charge is 2.01. The lowest BCUT2D eigenvalue weighted by atomic mass is 10.0. The molecule has 1 N–H and O–H groups in total. The van der Waals surface area contributed by atoms with Gasteiger partial charge in [-0.3, -0.25) is 0 Å². The Kier molecular flexibility index (Phi) is 6.45. The van der Waals surface area contributed by atoms with E-state index < -0.39 is 0 Å². The minimum absolute atomic E-state index is 0.719. The predicted molar refractivity (Wildman–Crippen MR) is 88.3 cm³/mol. The standard InChI is InChI=1S/C19H25NO/c1-16-8-6-9-17(2)19(16)15-21-13-7-12-20-14-18-10-4-3-5-11-18/h3-6,8-11,20H,7,12-15H2,1-2H3. The van der Waals surface area contributed by atoms with E-state index in [1.165, 1.54) is 22.3 Å². The monoisotopic (exact) mass is 283 g/mol. The van der Waals surface area contributed by atoms with Gasteiger partial charge in [0.05, 0.1) is 6.61 Å². The van der Waals surface area contributed by atoms with Gasteiger partial charge >= 0.3 is 0 Å². The lowest BCUT2D eigenvalue weighted by Gasteiger charge is -2.10. The van der Waals surface area contributed by atoms with Gasteiger partial charge in [0.15, 0.2) is 0 Å². The van der Waals surface area contributed by atoms with Crippen molar-refractivity contribution < 1.29 is 4.74 Å². The summed E-state index contributed by atoms with van der Waals surface area (Å²) >= 11 is 0. The Morgan fingerprint density at radius 1 is 0.905 bits per heavy atom. The van der Waals surface area contributed by atoms with Gasteiger partial charge < -0.3 is 10.1 Å². The molecule has 0 aliphatic rings. The zero-order chi connectivity index (χ0) is 14.9. The van der Waals surface area contributed by atoms with Crippen LogP contribution in [0.15, 0.2) is 48.5 Å². The average molecular weight is 283 g/mol. The van der Waals surface area contributed by atoms with Gasteiger partial charge in [-0.05, 0) is 49.1 Å². The van der Waals surface area contributed by atoms with Crippen molar-refractivity contribution in [3.05, 3.63) is 70.8 Å². The molecule has 0 radical (unpaired) electrons. The van der Waals surface area contributed by atoms with Crippen LogP contribution < -0.4 is 5.32 Å². The lowest BCUT2D eigenvalue weighted by molar-refractivity contribution is 0.117. The van der Waals surface area contributed by atoms with Crippen LogP contribution in [0.2, 0.25) is 0 Å². The molecule has 2 aromatic rings. The fraction of sp³-hybridized carbons (Fsp3) is 0.368.